The maximum atomic E-state index is 13.4. The zero-order valence-electron chi connectivity index (χ0n) is 39.2. The zero-order chi connectivity index (χ0) is 47.2. The minimum Gasteiger partial charge on any atom is -0.497 e. The fourth-order valence-electron chi connectivity index (χ4n) is 7.55. The molecule has 2 saturated heterocycles. The molecule has 2 aliphatic heterocycles. The van der Waals surface area contributed by atoms with Crippen molar-refractivity contribution in [2.75, 3.05) is 67.7 Å². The summed E-state index contributed by atoms with van der Waals surface area (Å²) in [4.78, 5) is 46.0. The highest BCUT2D eigenvalue weighted by Crippen LogP contribution is 2.29. The normalized spacial score (nSPS) is 15.9. The van der Waals surface area contributed by atoms with Crippen LogP contribution in [0.15, 0.2) is 48.7 Å². The van der Waals surface area contributed by atoms with Gasteiger partial charge in [-0.05, 0) is 126 Å². The number of H-pyrrole nitrogens is 1. The smallest absolute Gasteiger partial charge is 0.410 e. The van der Waals surface area contributed by atoms with E-state index in [1.807, 2.05) is 71.9 Å². The molecule has 1 aromatic heterocycles. The van der Waals surface area contributed by atoms with Gasteiger partial charge in [-0.2, -0.15) is 0 Å². The van der Waals surface area contributed by atoms with Gasteiger partial charge in [-0.3, -0.25) is 4.79 Å². The van der Waals surface area contributed by atoms with Crippen molar-refractivity contribution in [1.29, 1.82) is 0 Å². The summed E-state index contributed by atoms with van der Waals surface area (Å²) in [5.74, 6) is 2.69. The Morgan fingerprint density at radius 2 is 1.20 bits per heavy atom. The van der Waals surface area contributed by atoms with Crippen molar-refractivity contribution in [2.45, 2.75) is 104 Å². The minimum atomic E-state index is -0.743. The van der Waals surface area contributed by atoms with E-state index < -0.39 is 23.4 Å². The molecule has 64 heavy (non-hydrogen) atoms. The summed E-state index contributed by atoms with van der Waals surface area (Å²) in [6.07, 6.45) is 2.78. The summed E-state index contributed by atoms with van der Waals surface area (Å²) in [6, 6.07) is 12.9. The Balaban J connectivity index is 0.000000290. The number of methoxy groups -OCH3 is 4. The van der Waals surface area contributed by atoms with Crippen LogP contribution in [0.1, 0.15) is 88.8 Å². The van der Waals surface area contributed by atoms with Gasteiger partial charge < -0.3 is 63.6 Å². The van der Waals surface area contributed by atoms with Gasteiger partial charge in [0.15, 0.2) is 0 Å². The number of aliphatic hydroxyl groups excluding tert-OH is 2. The van der Waals surface area contributed by atoms with Gasteiger partial charge in [0.05, 0.1) is 40.6 Å². The Labute approximate surface area is 392 Å². The molecule has 2 fully saturated rings. The number of nitrogens with one attached hydrogen (secondary N) is 2. The summed E-state index contributed by atoms with van der Waals surface area (Å²) in [5.41, 5.74) is 1.24. The predicted molar refractivity (Wildman–Crippen MR) is 252 cm³/mol. The third-order valence-corrected chi connectivity index (χ3v) is 11.7. The average molecular weight is 1010 g/mol. The number of piperidine rings is 2. The first-order chi connectivity index (χ1) is 30.2. The second-order valence-electron chi connectivity index (χ2n) is 18.1. The third-order valence-electron chi connectivity index (χ3n) is 11.1. The summed E-state index contributed by atoms with van der Waals surface area (Å²) < 4.78 is 33.2. The fraction of sp³-hybridized carbons (Fsp3) is 0.596. The van der Waals surface area contributed by atoms with Gasteiger partial charge in [-0.25, -0.2) is 9.59 Å². The van der Waals surface area contributed by atoms with Crippen molar-refractivity contribution in [3.8, 4) is 23.0 Å². The van der Waals surface area contributed by atoms with Gasteiger partial charge in [0, 0.05) is 85.4 Å². The first-order valence-electron chi connectivity index (χ1n) is 21.8. The van der Waals surface area contributed by atoms with Crippen LogP contribution < -0.4 is 24.3 Å². The number of likely N-dealkylation sites (tertiary alicyclic amines) is 2. The number of rotatable bonds is 15. The van der Waals surface area contributed by atoms with E-state index in [0.29, 0.717) is 69.3 Å². The van der Waals surface area contributed by atoms with Crippen LogP contribution in [0.5, 0.6) is 23.0 Å². The highest BCUT2D eigenvalue weighted by molar-refractivity contribution is 14.1. The molecule has 3 heterocycles. The Hall–Kier alpha value is -4.46. The number of amides is 3. The Bertz CT molecular complexity index is 1950. The van der Waals surface area contributed by atoms with Crippen LogP contribution in [0.2, 0.25) is 0 Å². The molecule has 0 aliphatic carbocycles. The fourth-order valence-corrected chi connectivity index (χ4v) is 8.02. The van der Waals surface area contributed by atoms with Crippen molar-refractivity contribution in [3.05, 3.63) is 69.1 Å². The summed E-state index contributed by atoms with van der Waals surface area (Å²) in [6.45, 7) is 14.9. The van der Waals surface area contributed by atoms with E-state index >= 15 is 0 Å². The molecule has 17 heteroatoms. The van der Waals surface area contributed by atoms with Gasteiger partial charge in [0.25, 0.3) is 5.91 Å². The lowest BCUT2D eigenvalue weighted by Crippen LogP contribution is -2.46. The minimum absolute atomic E-state index is 0.0412. The van der Waals surface area contributed by atoms with Gasteiger partial charge >= 0.3 is 12.2 Å². The molecule has 2 aliphatic rings. The molecule has 2 atom stereocenters. The number of aromatic nitrogens is 1. The SMILES string of the molecule is COc1ccc(CN(CC(O)C2CCN(C(=O)OC(C)(C)C)CC2)C(=O)c2cc(I)c[nH]2)c(OC)c1.COc1ccc(CNCC(O)C2CCN(C(=O)OC(C)(C)C)CC2)c(OC)c1. The molecule has 3 amide bonds. The summed E-state index contributed by atoms with van der Waals surface area (Å²) in [7, 11) is 6.41. The van der Waals surface area contributed by atoms with Gasteiger partial charge in [0.2, 0.25) is 0 Å². The Morgan fingerprint density at radius 1 is 0.734 bits per heavy atom. The molecule has 2 unspecified atom stereocenters. The van der Waals surface area contributed by atoms with E-state index in [0.717, 1.165) is 39.0 Å². The van der Waals surface area contributed by atoms with Crippen LogP contribution in [0.3, 0.4) is 0 Å². The Kier molecular flexibility index (Phi) is 19.7. The summed E-state index contributed by atoms with van der Waals surface area (Å²) in [5, 5.41) is 25.0. The highest BCUT2D eigenvalue weighted by atomic mass is 127. The second kappa shape index (κ2) is 24.2. The number of carbonyl (C=O) groups excluding carboxylic acids is 3. The molecule has 0 spiro atoms. The molecule has 2 aromatic carbocycles. The molecule has 5 rings (SSSR count). The molecule has 3 aromatic rings. The molecule has 0 radical (unpaired) electrons. The van der Waals surface area contributed by atoms with E-state index in [4.69, 9.17) is 28.4 Å². The number of aromatic amines is 1. The van der Waals surface area contributed by atoms with Crippen molar-refractivity contribution < 1.29 is 53.0 Å². The lowest BCUT2D eigenvalue weighted by Gasteiger charge is -2.36. The van der Waals surface area contributed by atoms with Crippen LogP contribution in [0, 0.1) is 15.4 Å². The number of carbonyl (C=O) groups is 3. The maximum absolute atomic E-state index is 13.4. The first kappa shape index (κ1) is 52.2. The van der Waals surface area contributed by atoms with Gasteiger partial charge in [-0.15, -0.1) is 0 Å². The molecule has 356 valence electrons. The molecule has 0 saturated carbocycles. The van der Waals surface area contributed by atoms with Crippen molar-refractivity contribution in [1.82, 2.24) is 25.0 Å². The zero-order valence-corrected chi connectivity index (χ0v) is 41.4. The first-order valence-corrected chi connectivity index (χ1v) is 22.9. The summed E-state index contributed by atoms with van der Waals surface area (Å²) >= 11 is 2.15. The quantitative estimate of drug-likeness (QED) is 0.114. The number of benzene rings is 2. The van der Waals surface area contributed by atoms with E-state index in [9.17, 15) is 24.6 Å². The van der Waals surface area contributed by atoms with Crippen LogP contribution in [-0.2, 0) is 22.6 Å². The number of nitrogens with zero attached hydrogens (tertiary/aromatic N) is 3. The van der Waals surface area contributed by atoms with Crippen LogP contribution in [0.4, 0.5) is 9.59 Å². The predicted octanol–water partition coefficient (Wildman–Crippen LogP) is 7.09. The molecule has 16 nitrogen and oxygen atoms in total. The highest BCUT2D eigenvalue weighted by Gasteiger charge is 2.33. The average Bonchev–Trinajstić information content (AvgIpc) is 3.71. The monoisotopic (exact) mass is 1010 g/mol. The van der Waals surface area contributed by atoms with Crippen molar-refractivity contribution in [2.24, 2.45) is 11.8 Å². The molecule has 4 N–H and O–H groups in total. The molecular formula is C47H70IN5O11. The number of ether oxygens (including phenoxy) is 6. The number of halogens is 1. The molecular weight excluding hydrogens is 937 g/mol. The van der Waals surface area contributed by atoms with Crippen LogP contribution in [-0.4, -0.2) is 139 Å². The molecule has 0 bridgehead atoms. The largest absolute Gasteiger partial charge is 0.497 e. The van der Waals surface area contributed by atoms with E-state index in [-0.39, 0.29) is 43.0 Å². The lowest BCUT2D eigenvalue weighted by molar-refractivity contribution is 0.00212. The number of hydrogen-bond donors (Lipinski definition) is 4. The maximum Gasteiger partial charge on any atom is 0.410 e. The third kappa shape index (κ3) is 16.2. The Morgan fingerprint density at radius 3 is 1.64 bits per heavy atom. The second-order valence-corrected chi connectivity index (χ2v) is 19.4. The number of aliphatic hydroxyl groups is 2. The standard InChI is InChI=1S/C26H36IN3O6.C21H34N2O5/c1-26(2,3)36-25(33)29-10-8-17(9-11-29)22(31)16-30(24(32)21-12-19(27)14-28-21)15-18-6-7-20(34-4)13-23(18)35-5;1-21(2,3)28-20(25)23-10-8-15(9-11-23)18(24)14-22-13-16-6-7-17(26-4)12-19(16)27-5/h6-7,12-14,17,22,28,31H,8-11,15-16H2,1-5H3;6-7,12,15,18,22,24H,8-11,13-14H2,1-5H3. The van der Waals surface area contributed by atoms with E-state index in [1.54, 1.807) is 61.5 Å². The van der Waals surface area contributed by atoms with Crippen molar-refractivity contribution in [3.63, 3.8) is 0 Å². The van der Waals surface area contributed by atoms with Gasteiger partial charge in [-0.1, -0.05) is 6.07 Å². The van der Waals surface area contributed by atoms with Gasteiger partial charge in [0.1, 0.15) is 39.9 Å². The van der Waals surface area contributed by atoms with Crippen LogP contribution >= 0.6 is 22.6 Å². The van der Waals surface area contributed by atoms with E-state index in [2.05, 4.69) is 32.9 Å². The topological polar surface area (TPSA) is 185 Å². The van der Waals surface area contributed by atoms with Crippen LogP contribution in [0.25, 0.3) is 0 Å². The lowest BCUT2D eigenvalue weighted by atomic mass is 9.91. The van der Waals surface area contributed by atoms with Crippen molar-refractivity contribution >= 4 is 40.7 Å². The van der Waals surface area contributed by atoms with E-state index in [1.165, 1.54) is 0 Å². The number of hydrogen-bond acceptors (Lipinski definition) is 12.